The number of methoxy groups -OCH3 is 1. The molecule has 2 aromatic heterocycles. The Bertz CT molecular complexity index is 1080. The number of hydrogen-bond donors (Lipinski definition) is 0. The highest BCUT2D eigenvalue weighted by Gasteiger charge is 2.31. The lowest BCUT2D eigenvalue weighted by Crippen LogP contribution is -2.42. The minimum atomic E-state index is -4.47. The minimum absolute atomic E-state index is 0.0428. The topological polar surface area (TPSA) is 77.4 Å². The monoisotopic (exact) mass is 460 g/mol. The highest BCUT2D eigenvalue weighted by atomic mass is 19.4. The van der Waals surface area contributed by atoms with Gasteiger partial charge < -0.3 is 14.4 Å². The third kappa shape index (κ3) is 5.76. The smallest absolute Gasteiger partial charge is 0.417 e. The molecular formula is C23H23F3N4O3. The molecule has 1 atom stereocenters. The minimum Gasteiger partial charge on any atom is -0.497 e. The first kappa shape index (κ1) is 24.0. The lowest BCUT2D eigenvalue weighted by Gasteiger charge is -2.28. The van der Waals surface area contributed by atoms with Crippen molar-refractivity contribution in [3.05, 3.63) is 66.1 Å². The Morgan fingerprint density at radius 2 is 1.85 bits per heavy atom. The van der Waals surface area contributed by atoms with E-state index in [4.69, 9.17) is 9.47 Å². The number of aromatic nitrogens is 3. The molecule has 0 spiro atoms. The van der Waals surface area contributed by atoms with E-state index in [1.807, 2.05) is 6.92 Å². The van der Waals surface area contributed by atoms with Gasteiger partial charge in [-0.25, -0.2) is 15.0 Å². The first-order valence-electron chi connectivity index (χ1n) is 10.2. The van der Waals surface area contributed by atoms with E-state index in [0.29, 0.717) is 35.4 Å². The van der Waals surface area contributed by atoms with Gasteiger partial charge in [0.15, 0.2) is 5.82 Å². The van der Waals surface area contributed by atoms with Gasteiger partial charge in [-0.15, -0.1) is 0 Å². The maximum absolute atomic E-state index is 13.4. The van der Waals surface area contributed by atoms with Crippen LogP contribution in [0.4, 0.5) is 13.2 Å². The SMILES string of the molecule is CCN(C(=O)c1ccc(OC)cc1-c1ncccn1)[C@@H](C)COc1ccc(C(F)(F)F)cn1. The van der Waals surface area contributed by atoms with Crippen molar-refractivity contribution < 1.29 is 27.4 Å². The van der Waals surface area contributed by atoms with Gasteiger partial charge in [0.25, 0.3) is 5.91 Å². The van der Waals surface area contributed by atoms with Gasteiger partial charge >= 0.3 is 6.18 Å². The van der Waals surface area contributed by atoms with E-state index in [2.05, 4.69) is 15.0 Å². The summed E-state index contributed by atoms with van der Waals surface area (Å²) in [5.41, 5.74) is 0.0581. The number of hydrogen-bond acceptors (Lipinski definition) is 6. The van der Waals surface area contributed by atoms with Crippen molar-refractivity contribution in [1.82, 2.24) is 19.9 Å². The van der Waals surface area contributed by atoms with Crippen LogP contribution in [0.2, 0.25) is 0 Å². The number of carbonyl (C=O) groups excluding carboxylic acids is 1. The molecule has 33 heavy (non-hydrogen) atoms. The number of halogens is 3. The number of rotatable bonds is 8. The van der Waals surface area contributed by atoms with Crippen molar-refractivity contribution in [3.63, 3.8) is 0 Å². The Balaban J connectivity index is 1.78. The Morgan fingerprint density at radius 3 is 2.42 bits per heavy atom. The van der Waals surface area contributed by atoms with Crippen LogP contribution in [0.5, 0.6) is 11.6 Å². The van der Waals surface area contributed by atoms with E-state index < -0.39 is 17.8 Å². The predicted molar refractivity (Wildman–Crippen MR) is 115 cm³/mol. The van der Waals surface area contributed by atoms with E-state index in [1.54, 1.807) is 48.5 Å². The lowest BCUT2D eigenvalue weighted by atomic mass is 10.0. The van der Waals surface area contributed by atoms with Gasteiger partial charge in [-0.1, -0.05) is 0 Å². The summed E-state index contributed by atoms with van der Waals surface area (Å²) < 4.78 is 48.9. The molecule has 2 heterocycles. The number of alkyl halides is 3. The van der Waals surface area contributed by atoms with Crippen molar-refractivity contribution >= 4 is 5.91 Å². The van der Waals surface area contributed by atoms with Crippen LogP contribution in [0, 0.1) is 0 Å². The maximum Gasteiger partial charge on any atom is 0.417 e. The highest BCUT2D eigenvalue weighted by molar-refractivity contribution is 6.00. The molecule has 0 aliphatic heterocycles. The summed E-state index contributed by atoms with van der Waals surface area (Å²) in [6.07, 6.45) is -0.586. The average molecular weight is 460 g/mol. The van der Waals surface area contributed by atoms with Crippen molar-refractivity contribution in [2.45, 2.75) is 26.1 Å². The van der Waals surface area contributed by atoms with Gasteiger partial charge in [0.2, 0.25) is 5.88 Å². The largest absolute Gasteiger partial charge is 0.497 e. The van der Waals surface area contributed by atoms with Gasteiger partial charge in [0, 0.05) is 36.8 Å². The first-order valence-corrected chi connectivity index (χ1v) is 10.2. The summed E-state index contributed by atoms with van der Waals surface area (Å²) in [7, 11) is 1.53. The Kier molecular flexibility index (Phi) is 7.47. The van der Waals surface area contributed by atoms with Crippen molar-refractivity contribution in [2.75, 3.05) is 20.3 Å². The zero-order chi connectivity index (χ0) is 24.0. The number of ether oxygens (including phenoxy) is 2. The van der Waals surface area contributed by atoms with Crippen LogP contribution in [0.3, 0.4) is 0 Å². The summed E-state index contributed by atoms with van der Waals surface area (Å²) in [5.74, 6) is 0.718. The second kappa shape index (κ2) is 10.3. The molecule has 3 rings (SSSR count). The van der Waals surface area contributed by atoms with Crippen LogP contribution < -0.4 is 9.47 Å². The molecular weight excluding hydrogens is 437 g/mol. The fraction of sp³-hybridized carbons (Fsp3) is 0.304. The Hall–Kier alpha value is -3.69. The van der Waals surface area contributed by atoms with Crippen molar-refractivity contribution in [1.29, 1.82) is 0 Å². The van der Waals surface area contributed by atoms with Gasteiger partial charge in [0.05, 0.1) is 24.3 Å². The quantitative estimate of drug-likeness (QED) is 0.493. The summed E-state index contributed by atoms with van der Waals surface area (Å²) >= 11 is 0. The van der Waals surface area contributed by atoms with Gasteiger partial charge in [-0.2, -0.15) is 13.2 Å². The first-order chi connectivity index (χ1) is 15.7. The molecule has 0 unspecified atom stereocenters. The molecule has 0 N–H and O–H groups in total. The molecule has 1 amide bonds. The van der Waals surface area contributed by atoms with Gasteiger partial charge in [-0.3, -0.25) is 4.79 Å². The fourth-order valence-electron chi connectivity index (χ4n) is 3.20. The van der Waals surface area contributed by atoms with Crippen molar-refractivity contribution in [2.24, 2.45) is 0 Å². The van der Waals surface area contributed by atoms with E-state index in [-0.39, 0.29) is 18.4 Å². The zero-order valence-electron chi connectivity index (χ0n) is 18.3. The average Bonchev–Trinajstić information content (AvgIpc) is 2.83. The van der Waals surface area contributed by atoms with Crippen LogP contribution in [0.1, 0.15) is 29.8 Å². The summed E-state index contributed by atoms with van der Waals surface area (Å²) in [4.78, 5) is 27.2. The Labute approximate surface area is 189 Å². The lowest BCUT2D eigenvalue weighted by molar-refractivity contribution is -0.137. The second-order valence-corrected chi connectivity index (χ2v) is 7.12. The van der Waals surface area contributed by atoms with Crippen LogP contribution >= 0.6 is 0 Å². The Morgan fingerprint density at radius 1 is 1.12 bits per heavy atom. The van der Waals surface area contributed by atoms with Crippen LogP contribution in [0.25, 0.3) is 11.4 Å². The number of amides is 1. The molecule has 0 aliphatic carbocycles. The third-order valence-corrected chi connectivity index (χ3v) is 4.93. The molecule has 0 radical (unpaired) electrons. The zero-order valence-corrected chi connectivity index (χ0v) is 18.3. The van der Waals surface area contributed by atoms with Crippen molar-refractivity contribution in [3.8, 4) is 23.0 Å². The molecule has 3 aromatic rings. The fourth-order valence-corrected chi connectivity index (χ4v) is 3.20. The van der Waals surface area contributed by atoms with Crippen LogP contribution in [-0.4, -0.2) is 52.1 Å². The molecule has 0 aliphatic rings. The van der Waals surface area contributed by atoms with E-state index in [1.165, 1.54) is 7.11 Å². The molecule has 0 bridgehead atoms. The molecule has 10 heteroatoms. The molecule has 0 saturated heterocycles. The molecule has 0 fully saturated rings. The number of likely N-dealkylation sites (N-methyl/N-ethyl adjacent to an activating group) is 1. The van der Waals surface area contributed by atoms with E-state index in [9.17, 15) is 18.0 Å². The third-order valence-electron chi connectivity index (χ3n) is 4.93. The number of pyridine rings is 1. The predicted octanol–water partition coefficient (Wildman–Crippen LogP) is 4.50. The molecule has 1 aromatic carbocycles. The summed E-state index contributed by atoms with van der Waals surface area (Å²) in [5, 5.41) is 0. The standard InChI is InChI=1S/C23H23F3N4O3/c1-4-30(15(2)14-33-20-9-6-16(13-29-20)23(24,25)26)22(31)18-8-7-17(32-3)12-19(18)21-27-10-5-11-28-21/h5-13,15H,4,14H2,1-3H3/t15-/m0/s1. The van der Waals surface area contributed by atoms with E-state index in [0.717, 1.165) is 12.1 Å². The molecule has 0 saturated carbocycles. The van der Waals surface area contributed by atoms with Gasteiger partial charge in [-0.05, 0) is 44.2 Å². The number of benzene rings is 1. The summed E-state index contributed by atoms with van der Waals surface area (Å²) in [6, 6.07) is 8.38. The van der Waals surface area contributed by atoms with Crippen LogP contribution in [0.15, 0.2) is 55.0 Å². The number of nitrogens with zero attached hydrogens (tertiary/aromatic N) is 4. The highest BCUT2D eigenvalue weighted by Crippen LogP contribution is 2.29. The summed E-state index contributed by atoms with van der Waals surface area (Å²) in [6.45, 7) is 4.04. The van der Waals surface area contributed by atoms with Gasteiger partial charge in [0.1, 0.15) is 12.4 Å². The van der Waals surface area contributed by atoms with E-state index >= 15 is 0 Å². The maximum atomic E-state index is 13.4. The van der Waals surface area contributed by atoms with Crippen LogP contribution in [-0.2, 0) is 6.18 Å². The second-order valence-electron chi connectivity index (χ2n) is 7.12. The molecule has 174 valence electrons. The normalized spacial score (nSPS) is 12.2. The number of carbonyl (C=O) groups is 1. The molecule has 7 nitrogen and oxygen atoms in total.